The fourth-order valence-electron chi connectivity index (χ4n) is 5.77. The molecule has 0 saturated heterocycles. The number of benzene rings is 6. The van der Waals surface area contributed by atoms with Crippen LogP contribution in [0.5, 0.6) is 5.75 Å². The molecule has 2 heterocycles. The van der Waals surface area contributed by atoms with Crippen molar-refractivity contribution in [3.8, 4) is 34.0 Å². The first kappa shape index (κ1) is 22.9. The standard InChI is InChI=1S/C34H22N4OS/c1-39-23-17-15-22(16-18-23)38-33-28-14-8-6-12-26(28)25-11-5-7-13-27(25)32(33)35-34(38)29-20-19-24(21-9-3-2-4-10-21)30-31(29)37-40-36-30/h2-20H,1H3. The van der Waals surface area contributed by atoms with Crippen LogP contribution in [0.3, 0.4) is 0 Å². The van der Waals surface area contributed by atoms with Crippen LogP contribution in [-0.2, 0) is 0 Å². The normalized spacial score (nSPS) is 11.6. The zero-order valence-electron chi connectivity index (χ0n) is 21.6. The summed E-state index contributed by atoms with van der Waals surface area (Å²) in [6.45, 7) is 0. The molecule has 8 aromatic rings. The summed E-state index contributed by atoms with van der Waals surface area (Å²) >= 11 is 1.24. The third-order valence-electron chi connectivity index (χ3n) is 7.60. The van der Waals surface area contributed by atoms with E-state index in [1.165, 1.54) is 22.5 Å². The summed E-state index contributed by atoms with van der Waals surface area (Å²) in [6.07, 6.45) is 0. The highest BCUT2D eigenvalue weighted by Crippen LogP contribution is 2.41. The van der Waals surface area contributed by atoms with E-state index in [9.17, 15) is 0 Å². The van der Waals surface area contributed by atoms with Crippen molar-refractivity contribution in [2.24, 2.45) is 0 Å². The number of fused-ring (bicyclic) bond motifs is 7. The molecule has 2 aromatic heterocycles. The molecule has 6 aromatic carbocycles. The molecule has 8 rings (SSSR count). The van der Waals surface area contributed by atoms with Crippen LogP contribution in [0.15, 0.2) is 115 Å². The van der Waals surface area contributed by atoms with Crippen LogP contribution < -0.4 is 4.74 Å². The largest absolute Gasteiger partial charge is 0.497 e. The quantitative estimate of drug-likeness (QED) is 0.212. The molecule has 6 heteroatoms. The van der Waals surface area contributed by atoms with E-state index in [0.717, 1.165) is 66.8 Å². The summed E-state index contributed by atoms with van der Waals surface area (Å²) in [6, 6.07) is 39.9. The van der Waals surface area contributed by atoms with Crippen molar-refractivity contribution >= 4 is 55.3 Å². The highest BCUT2D eigenvalue weighted by molar-refractivity contribution is 7.00. The zero-order valence-corrected chi connectivity index (χ0v) is 22.4. The maximum Gasteiger partial charge on any atom is 0.148 e. The highest BCUT2D eigenvalue weighted by Gasteiger charge is 2.23. The Balaban J connectivity index is 1.52. The van der Waals surface area contributed by atoms with Gasteiger partial charge < -0.3 is 4.74 Å². The summed E-state index contributed by atoms with van der Waals surface area (Å²) < 4.78 is 17.3. The van der Waals surface area contributed by atoms with Gasteiger partial charge in [-0.2, -0.15) is 8.75 Å². The lowest BCUT2D eigenvalue weighted by Gasteiger charge is -2.13. The van der Waals surface area contributed by atoms with E-state index < -0.39 is 0 Å². The van der Waals surface area contributed by atoms with E-state index in [-0.39, 0.29) is 0 Å². The maximum absolute atomic E-state index is 5.48. The first-order valence-corrected chi connectivity index (χ1v) is 13.8. The van der Waals surface area contributed by atoms with E-state index >= 15 is 0 Å². The predicted octanol–water partition coefficient (Wildman–Crippen LogP) is 8.68. The Morgan fingerprint density at radius 3 is 1.90 bits per heavy atom. The minimum Gasteiger partial charge on any atom is -0.497 e. The molecule has 0 aliphatic heterocycles. The van der Waals surface area contributed by atoms with Crippen LogP contribution in [0.4, 0.5) is 0 Å². The van der Waals surface area contributed by atoms with Crippen molar-refractivity contribution < 1.29 is 4.74 Å². The third-order valence-corrected chi connectivity index (χ3v) is 8.13. The minimum absolute atomic E-state index is 0.809. The van der Waals surface area contributed by atoms with Gasteiger partial charge in [-0.3, -0.25) is 4.57 Å². The number of ether oxygens (including phenoxy) is 1. The fourth-order valence-corrected chi connectivity index (χ4v) is 6.34. The second-order valence-corrected chi connectivity index (χ2v) is 10.3. The Morgan fingerprint density at radius 1 is 0.575 bits per heavy atom. The first-order valence-electron chi connectivity index (χ1n) is 13.1. The van der Waals surface area contributed by atoms with Gasteiger partial charge >= 0.3 is 0 Å². The Hall–Kier alpha value is -5.07. The minimum atomic E-state index is 0.809. The average Bonchev–Trinajstić information content (AvgIpc) is 3.68. The molecule has 0 fully saturated rings. The summed E-state index contributed by atoms with van der Waals surface area (Å²) in [5, 5.41) is 4.67. The number of imidazole rings is 1. The number of aromatic nitrogens is 4. The van der Waals surface area contributed by atoms with Crippen LogP contribution in [0.1, 0.15) is 0 Å². The summed E-state index contributed by atoms with van der Waals surface area (Å²) in [4.78, 5) is 5.38. The summed E-state index contributed by atoms with van der Waals surface area (Å²) in [5.41, 5.74) is 7.90. The summed E-state index contributed by atoms with van der Waals surface area (Å²) in [7, 11) is 1.69. The first-order chi connectivity index (χ1) is 19.8. The average molecular weight is 535 g/mol. The van der Waals surface area contributed by atoms with Crippen LogP contribution >= 0.6 is 11.7 Å². The summed E-state index contributed by atoms with van der Waals surface area (Å²) in [5.74, 6) is 1.64. The second kappa shape index (κ2) is 9.00. The van der Waals surface area contributed by atoms with Gasteiger partial charge in [-0.05, 0) is 46.7 Å². The van der Waals surface area contributed by atoms with Crippen molar-refractivity contribution in [1.29, 1.82) is 0 Å². The third kappa shape index (κ3) is 3.36. The number of hydrogen-bond donors (Lipinski definition) is 0. The Kier molecular flexibility index (Phi) is 5.15. The molecule has 190 valence electrons. The van der Waals surface area contributed by atoms with Crippen molar-refractivity contribution in [3.63, 3.8) is 0 Å². The van der Waals surface area contributed by atoms with E-state index in [2.05, 4.69) is 89.5 Å². The molecule has 0 amide bonds. The lowest BCUT2D eigenvalue weighted by molar-refractivity contribution is 0.415. The molecule has 0 saturated carbocycles. The monoisotopic (exact) mass is 534 g/mol. The van der Waals surface area contributed by atoms with E-state index in [4.69, 9.17) is 18.5 Å². The van der Waals surface area contributed by atoms with Crippen LogP contribution in [0.2, 0.25) is 0 Å². The number of nitrogens with zero attached hydrogens (tertiary/aromatic N) is 4. The lowest BCUT2D eigenvalue weighted by Crippen LogP contribution is -1.99. The van der Waals surface area contributed by atoms with Crippen LogP contribution in [0, 0.1) is 0 Å². The molecule has 0 bridgehead atoms. The van der Waals surface area contributed by atoms with Crippen molar-refractivity contribution in [3.05, 3.63) is 115 Å². The van der Waals surface area contributed by atoms with Gasteiger partial charge in [0.15, 0.2) is 0 Å². The Morgan fingerprint density at radius 2 is 1.18 bits per heavy atom. The zero-order chi connectivity index (χ0) is 26.6. The molecule has 0 aliphatic rings. The van der Waals surface area contributed by atoms with E-state index in [1.807, 2.05) is 30.3 Å². The van der Waals surface area contributed by atoms with Crippen LogP contribution in [-0.4, -0.2) is 25.4 Å². The van der Waals surface area contributed by atoms with Gasteiger partial charge in [-0.25, -0.2) is 4.98 Å². The fraction of sp³-hybridized carbons (Fsp3) is 0.0294. The maximum atomic E-state index is 5.48. The van der Waals surface area contributed by atoms with Crippen molar-refractivity contribution in [1.82, 2.24) is 18.3 Å². The smallest absolute Gasteiger partial charge is 0.148 e. The molecule has 5 nitrogen and oxygen atoms in total. The molecular formula is C34H22N4OS. The molecule has 0 radical (unpaired) electrons. The predicted molar refractivity (Wildman–Crippen MR) is 164 cm³/mol. The second-order valence-electron chi connectivity index (χ2n) is 9.75. The molecule has 40 heavy (non-hydrogen) atoms. The Labute approximate surface area is 234 Å². The highest BCUT2D eigenvalue weighted by atomic mass is 32.1. The number of hydrogen-bond acceptors (Lipinski definition) is 5. The molecule has 0 spiro atoms. The molecule has 0 aliphatic carbocycles. The van der Waals surface area contributed by atoms with Crippen molar-refractivity contribution in [2.75, 3.05) is 7.11 Å². The molecule has 0 N–H and O–H groups in total. The van der Waals surface area contributed by atoms with Gasteiger partial charge in [0, 0.05) is 27.6 Å². The van der Waals surface area contributed by atoms with Gasteiger partial charge in [-0.1, -0.05) is 84.9 Å². The van der Waals surface area contributed by atoms with Gasteiger partial charge in [0.2, 0.25) is 0 Å². The molecular weight excluding hydrogens is 512 g/mol. The van der Waals surface area contributed by atoms with Crippen LogP contribution in [0.25, 0.3) is 71.8 Å². The molecule has 0 unspecified atom stereocenters. The van der Waals surface area contributed by atoms with Gasteiger partial charge in [0.05, 0.1) is 29.9 Å². The number of methoxy groups -OCH3 is 1. The van der Waals surface area contributed by atoms with Gasteiger partial charge in [0.25, 0.3) is 0 Å². The SMILES string of the molecule is COc1ccc(-n2c(-c3ccc(-c4ccccc4)c4nsnc34)nc3c4ccccc4c4ccccc4c32)cc1. The van der Waals surface area contributed by atoms with E-state index in [0.29, 0.717) is 0 Å². The Bertz CT molecular complexity index is 2200. The van der Waals surface area contributed by atoms with Gasteiger partial charge in [-0.15, -0.1) is 0 Å². The number of rotatable bonds is 4. The topological polar surface area (TPSA) is 52.8 Å². The van der Waals surface area contributed by atoms with E-state index in [1.54, 1.807) is 7.11 Å². The lowest BCUT2D eigenvalue weighted by atomic mass is 10.00. The molecule has 0 atom stereocenters. The van der Waals surface area contributed by atoms with Gasteiger partial charge in [0.1, 0.15) is 22.6 Å². The van der Waals surface area contributed by atoms with Crippen molar-refractivity contribution in [2.45, 2.75) is 0 Å².